The van der Waals surface area contributed by atoms with Gasteiger partial charge in [0.1, 0.15) is 12.1 Å². The molecule has 0 aliphatic rings. The van der Waals surface area contributed by atoms with Crippen LogP contribution in [0.25, 0.3) is 5.69 Å². The third kappa shape index (κ3) is 1.63. The maximum Gasteiger partial charge on any atom is 0.350 e. The maximum absolute atomic E-state index is 11.7. The lowest BCUT2D eigenvalue weighted by Gasteiger charge is -1.98. The number of benzene rings is 1. The largest absolute Gasteiger partial charge is 0.508 e. The average molecular weight is 205 g/mol. The molecule has 15 heavy (non-hydrogen) atoms. The van der Waals surface area contributed by atoms with Crippen LogP contribution in [-0.2, 0) is 6.54 Å². The number of aromatic hydroxyl groups is 1. The van der Waals surface area contributed by atoms with Crippen LogP contribution in [0.5, 0.6) is 5.75 Å². The molecule has 1 aromatic carbocycles. The summed E-state index contributed by atoms with van der Waals surface area (Å²) >= 11 is 0. The normalized spacial score (nSPS) is 10.5. The molecule has 0 bridgehead atoms. The van der Waals surface area contributed by atoms with Crippen LogP contribution >= 0.6 is 0 Å². The van der Waals surface area contributed by atoms with Gasteiger partial charge < -0.3 is 5.11 Å². The minimum atomic E-state index is -0.178. The molecule has 0 radical (unpaired) electrons. The number of nitrogens with zero attached hydrogens (tertiary/aromatic N) is 3. The fraction of sp³-hybridized carbons (Fsp3) is 0.200. The van der Waals surface area contributed by atoms with E-state index in [4.69, 9.17) is 5.11 Å². The second kappa shape index (κ2) is 3.61. The van der Waals surface area contributed by atoms with Crippen LogP contribution in [0, 0.1) is 0 Å². The van der Waals surface area contributed by atoms with Gasteiger partial charge in [-0.25, -0.2) is 4.79 Å². The highest BCUT2D eigenvalue weighted by atomic mass is 16.3. The fourth-order valence-electron chi connectivity index (χ4n) is 1.32. The van der Waals surface area contributed by atoms with Gasteiger partial charge in [0.2, 0.25) is 0 Å². The van der Waals surface area contributed by atoms with Crippen molar-refractivity contribution in [1.82, 2.24) is 14.3 Å². The van der Waals surface area contributed by atoms with Gasteiger partial charge in [0.15, 0.2) is 0 Å². The van der Waals surface area contributed by atoms with Crippen molar-refractivity contribution in [3.63, 3.8) is 0 Å². The number of hydrogen-bond donors (Lipinski definition) is 1. The molecule has 0 fully saturated rings. The number of aryl methyl sites for hydroxylation is 1. The van der Waals surface area contributed by atoms with Crippen LogP contribution in [0.3, 0.4) is 0 Å². The Kier molecular flexibility index (Phi) is 2.29. The summed E-state index contributed by atoms with van der Waals surface area (Å²) in [5.74, 6) is 0.168. The van der Waals surface area contributed by atoms with Gasteiger partial charge >= 0.3 is 5.69 Å². The van der Waals surface area contributed by atoms with E-state index in [-0.39, 0.29) is 11.4 Å². The third-order valence-corrected chi connectivity index (χ3v) is 2.17. The molecule has 1 aromatic heterocycles. The lowest BCUT2D eigenvalue weighted by atomic mass is 10.3. The van der Waals surface area contributed by atoms with Crippen LogP contribution in [0.4, 0.5) is 0 Å². The fourth-order valence-corrected chi connectivity index (χ4v) is 1.32. The van der Waals surface area contributed by atoms with Gasteiger partial charge in [0.25, 0.3) is 0 Å². The summed E-state index contributed by atoms with van der Waals surface area (Å²) in [5.41, 5.74) is 0.466. The van der Waals surface area contributed by atoms with Crippen LogP contribution in [0.15, 0.2) is 35.4 Å². The monoisotopic (exact) mass is 205 g/mol. The van der Waals surface area contributed by atoms with E-state index < -0.39 is 0 Å². The number of hydrogen-bond acceptors (Lipinski definition) is 3. The summed E-state index contributed by atoms with van der Waals surface area (Å²) < 4.78 is 2.80. The predicted octanol–water partition coefficient (Wildman–Crippen LogP) is 0.759. The maximum atomic E-state index is 11.7. The first-order valence-corrected chi connectivity index (χ1v) is 4.66. The number of phenolic OH excluding ortho intramolecular Hbond substituents is 1. The Labute approximate surface area is 86.2 Å². The van der Waals surface area contributed by atoms with Gasteiger partial charge in [0, 0.05) is 6.54 Å². The molecule has 0 aliphatic carbocycles. The van der Waals surface area contributed by atoms with Crippen molar-refractivity contribution < 1.29 is 5.11 Å². The summed E-state index contributed by atoms with van der Waals surface area (Å²) in [4.78, 5) is 11.7. The predicted molar refractivity (Wildman–Crippen MR) is 55.2 cm³/mol. The molecule has 1 N–H and O–H groups in total. The summed E-state index contributed by atoms with van der Waals surface area (Å²) in [5, 5.41) is 13.1. The van der Waals surface area contributed by atoms with Gasteiger partial charge in [-0.2, -0.15) is 9.78 Å². The zero-order valence-electron chi connectivity index (χ0n) is 8.29. The Morgan fingerprint density at radius 1 is 1.33 bits per heavy atom. The van der Waals surface area contributed by atoms with Gasteiger partial charge in [-0.3, -0.25) is 4.57 Å². The summed E-state index contributed by atoms with van der Waals surface area (Å²) in [6.07, 6.45) is 1.50. The molecule has 0 saturated heterocycles. The molecule has 2 rings (SSSR count). The van der Waals surface area contributed by atoms with E-state index in [9.17, 15) is 4.79 Å². The van der Waals surface area contributed by atoms with Crippen molar-refractivity contribution in [1.29, 1.82) is 0 Å². The van der Waals surface area contributed by atoms with Crippen molar-refractivity contribution in [2.24, 2.45) is 0 Å². The molecule has 5 heteroatoms. The van der Waals surface area contributed by atoms with Crippen LogP contribution in [0.2, 0.25) is 0 Å². The van der Waals surface area contributed by atoms with E-state index in [1.165, 1.54) is 27.7 Å². The minimum absolute atomic E-state index is 0.168. The van der Waals surface area contributed by atoms with E-state index in [0.717, 1.165) is 0 Å². The molecule has 2 aromatic rings. The molecule has 0 unspecified atom stereocenters. The Morgan fingerprint density at radius 3 is 2.53 bits per heavy atom. The van der Waals surface area contributed by atoms with Gasteiger partial charge in [-0.1, -0.05) is 0 Å². The molecular formula is C10H11N3O2. The van der Waals surface area contributed by atoms with Gasteiger partial charge in [-0.15, -0.1) is 0 Å². The molecule has 78 valence electrons. The average Bonchev–Trinajstić information content (AvgIpc) is 2.61. The molecule has 0 amide bonds. The quantitative estimate of drug-likeness (QED) is 0.787. The molecule has 0 aliphatic heterocycles. The molecule has 0 atom stereocenters. The van der Waals surface area contributed by atoms with E-state index in [1.807, 2.05) is 6.92 Å². The van der Waals surface area contributed by atoms with Gasteiger partial charge in [-0.05, 0) is 31.2 Å². The lowest BCUT2D eigenvalue weighted by Crippen LogP contribution is -2.22. The Hall–Kier alpha value is -2.04. The Bertz CT molecular complexity index is 510. The first-order chi connectivity index (χ1) is 7.22. The molecule has 0 spiro atoms. The summed E-state index contributed by atoms with van der Waals surface area (Å²) in [6, 6.07) is 6.33. The Morgan fingerprint density at radius 2 is 2.00 bits per heavy atom. The second-order valence-electron chi connectivity index (χ2n) is 3.13. The van der Waals surface area contributed by atoms with Crippen molar-refractivity contribution >= 4 is 0 Å². The van der Waals surface area contributed by atoms with E-state index in [1.54, 1.807) is 12.1 Å². The van der Waals surface area contributed by atoms with Gasteiger partial charge in [0.05, 0.1) is 5.69 Å². The first kappa shape index (κ1) is 9.51. The highest BCUT2D eigenvalue weighted by molar-refractivity contribution is 5.35. The number of rotatable bonds is 2. The zero-order chi connectivity index (χ0) is 10.8. The number of phenols is 1. The lowest BCUT2D eigenvalue weighted by molar-refractivity contribution is 0.475. The zero-order valence-corrected chi connectivity index (χ0v) is 8.29. The molecular weight excluding hydrogens is 194 g/mol. The van der Waals surface area contributed by atoms with E-state index >= 15 is 0 Å². The van der Waals surface area contributed by atoms with Crippen LogP contribution < -0.4 is 5.69 Å². The third-order valence-electron chi connectivity index (χ3n) is 2.17. The first-order valence-electron chi connectivity index (χ1n) is 4.66. The highest BCUT2D eigenvalue weighted by Gasteiger charge is 2.04. The highest BCUT2D eigenvalue weighted by Crippen LogP contribution is 2.11. The number of aromatic nitrogens is 3. The van der Waals surface area contributed by atoms with Crippen molar-refractivity contribution in [3.05, 3.63) is 41.1 Å². The smallest absolute Gasteiger partial charge is 0.350 e. The van der Waals surface area contributed by atoms with Crippen LogP contribution in [0.1, 0.15) is 6.92 Å². The minimum Gasteiger partial charge on any atom is -0.508 e. The standard InChI is InChI=1S/C10H11N3O2/c1-2-12-7-11-13(10(12)15)8-3-5-9(14)6-4-8/h3-7,14H,2H2,1H3. The molecule has 1 heterocycles. The molecule has 5 nitrogen and oxygen atoms in total. The van der Waals surface area contributed by atoms with Crippen LogP contribution in [-0.4, -0.2) is 19.5 Å². The van der Waals surface area contributed by atoms with E-state index in [0.29, 0.717) is 12.2 Å². The molecule has 0 saturated carbocycles. The Balaban J connectivity index is 2.50. The SMILES string of the molecule is CCn1cnn(-c2ccc(O)cc2)c1=O. The van der Waals surface area contributed by atoms with Crippen molar-refractivity contribution in [2.45, 2.75) is 13.5 Å². The van der Waals surface area contributed by atoms with Crippen molar-refractivity contribution in [2.75, 3.05) is 0 Å². The topological polar surface area (TPSA) is 60.1 Å². The van der Waals surface area contributed by atoms with E-state index in [2.05, 4.69) is 5.10 Å². The summed E-state index contributed by atoms with van der Waals surface area (Å²) in [7, 11) is 0. The van der Waals surface area contributed by atoms with Crippen molar-refractivity contribution in [3.8, 4) is 11.4 Å². The summed E-state index contributed by atoms with van der Waals surface area (Å²) in [6.45, 7) is 2.47. The second-order valence-corrected chi connectivity index (χ2v) is 3.13.